The topological polar surface area (TPSA) is 30.5 Å². The van der Waals surface area contributed by atoms with Gasteiger partial charge in [0.05, 0.1) is 13.2 Å². The molecule has 0 fully saturated rings. The Labute approximate surface area is 75.8 Å². The van der Waals surface area contributed by atoms with Crippen molar-refractivity contribution in [3.8, 4) is 0 Å². The summed E-state index contributed by atoms with van der Waals surface area (Å²) in [6.45, 7) is 6.72. The summed E-state index contributed by atoms with van der Waals surface area (Å²) in [5.74, 6) is 0.460. The highest BCUT2D eigenvalue weighted by molar-refractivity contribution is 9.09. The maximum atomic E-state index is 4.98. The number of alkyl halides is 1. The summed E-state index contributed by atoms with van der Waals surface area (Å²) in [6, 6.07) is 0. The minimum atomic E-state index is 0.460. The van der Waals surface area contributed by atoms with E-state index in [1.54, 1.807) is 0 Å². The third-order valence-electron chi connectivity index (χ3n) is 0.885. The average molecular weight is 224 g/mol. The van der Waals surface area contributed by atoms with Crippen LogP contribution in [0.4, 0.5) is 0 Å². The van der Waals surface area contributed by atoms with E-state index in [1.807, 2.05) is 6.92 Å². The number of hydrogen-bond acceptors (Lipinski definition) is 3. The predicted molar refractivity (Wildman–Crippen MR) is 48.3 cm³/mol. The molecule has 0 heterocycles. The zero-order chi connectivity index (χ0) is 8.53. The fourth-order valence-corrected chi connectivity index (χ4v) is 0.691. The zero-order valence-electron chi connectivity index (χ0n) is 6.73. The van der Waals surface area contributed by atoms with Crippen LogP contribution in [0.3, 0.4) is 0 Å². The van der Waals surface area contributed by atoms with Gasteiger partial charge in [0, 0.05) is 5.33 Å². The monoisotopic (exact) mass is 223 g/mol. The maximum absolute atomic E-state index is 4.98. The molecule has 11 heavy (non-hydrogen) atoms. The van der Waals surface area contributed by atoms with Gasteiger partial charge in [-0.05, 0) is 19.9 Å². The highest BCUT2D eigenvalue weighted by Gasteiger charge is 1.90. The van der Waals surface area contributed by atoms with Crippen LogP contribution in [0.25, 0.3) is 0 Å². The van der Waals surface area contributed by atoms with Gasteiger partial charge in [0.1, 0.15) is 0 Å². The van der Waals surface area contributed by atoms with E-state index >= 15 is 0 Å². The fourth-order valence-electron chi connectivity index (χ4n) is 0.462. The normalized spacial score (nSPS) is 9.27. The van der Waals surface area contributed by atoms with Crippen LogP contribution in [0, 0.1) is 0 Å². The smallest absolute Gasteiger partial charge is 0.203 e. The molecular weight excluding hydrogens is 210 g/mol. The number of hydroxylamine groups is 1. The molecule has 0 aromatic carbocycles. The molecule has 0 bridgehead atoms. The van der Waals surface area contributed by atoms with Crippen LogP contribution < -0.4 is 5.48 Å². The van der Waals surface area contributed by atoms with Gasteiger partial charge in [0.15, 0.2) is 0 Å². The van der Waals surface area contributed by atoms with Gasteiger partial charge in [-0.15, -0.1) is 0 Å². The van der Waals surface area contributed by atoms with Crippen LogP contribution >= 0.6 is 15.9 Å². The standard InChI is InChI=1S/C7H14BrNO2/c1-3-10-7(2)9-11-6-4-5-8/h9H,2-6H2,1H3. The molecule has 66 valence electrons. The molecule has 0 radical (unpaired) electrons. The van der Waals surface area contributed by atoms with Gasteiger partial charge < -0.3 is 4.74 Å². The van der Waals surface area contributed by atoms with Crippen LogP contribution in [0.15, 0.2) is 12.5 Å². The Balaban J connectivity index is 3.04. The van der Waals surface area contributed by atoms with E-state index in [0.717, 1.165) is 11.8 Å². The van der Waals surface area contributed by atoms with Gasteiger partial charge in [-0.1, -0.05) is 15.9 Å². The number of halogens is 1. The van der Waals surface area contributed by atoms with Crippen LogP contribution in [-0.4, -0.2) is 18.5 Å². The van der Waals surface area contributed by atoms with E-state index in [0.29, 0.717) is 19.1 Å². The lowest BCUT2D eigenvalue weighted by Crippen LogP contribution is -2.16. The minimum absolute atomic E-state index is 0.460. The maximum Gasteiger partial charge on any atom is 0.203 e. The van der Waals surface area contributed by atoms with E-state index in [4.69, 9.17) is 9.57 Å². The second-order valence-electron chi connectivity index (χ2n) is 1.85. The van der Waals surface area contributed by atoms with Crippen molar-refractivity contribution in [2.75, 3.05) is 18.5 Å². The molecule has 0 saturated heterocycles. The highest BCUT2D eigenvalue weighted by atomic mass is 79.9. The first-order chi connectivity index (χ1) is 5.31. The summed E-state index contributed by atoms with van der Waals surface area (Å²) in [7, 11) is 0. The number of ether oxygens (including phenoxy) is 1. The van der Waals surface area contributed by atoms with Crippen molar-refractivity contribution in [1.29, 1.82) is 0 Å². The van der Waals surface area contributed by atoms with E-state index in [1.165, 1.54) is 0 Å². The Morgan fingerprint density at radius 2 is 2.36 bits per heavy atom. The lowest BCUT2D eigenvalue weighted by atomic mass is 10.5. The molecule has 1 N–H and O–H groups in total. The molecule has 0 spiro atoms. The van der Waals surface area contributed by atoms with Crippen LogP contribution in [-0.2, 0) is 9.57 Å². The van der Waals surface area contributed by atoms with Crippen LogP contribution in [0.2, 0.25) is 0 Å². The molecule has 0 saturated carbocycles. The fraction of sp³-hybridized carbons (Fsp3) is 0.714. The van der Waals surface area contributed by atoms with Crippen molar-refractivity contribution in [1.82, 2.24) is 5.48 Å². The molecule has 0 unspecified atom stereocenters. The third-order valence-corrected chi connectivity index (χ3v) is 1.45. The van der Waals surface area contributed by atoms with E-state index < -0.39 is 0 Å². The van der Waals surface area contributed by atoms with Crippen molar-refractivity contribution in [2.24, 2.45) is 0 Å². The second-order valence-corrected chi connectivity index (χ2v) is 2.64. The lowest BCUT2D eigenvalue weighted by Gasteiger charge is -2.08. The van der Waals surface area contributed by atoms with Crippen molar-refractivity contribution < 1.29 is 9.57 Å². The Hall–Kier alpha value is -0.220. The first-order valence-corrected chi connectivity index (χ1v) is 4.68. The highest BCUT2D eigenvalue weighted by Crippen LogP contribution is 1.90. The van der Waals surface area contributed by atoms with Gasteiger partial charge in [-0.3, -0.25) is 4.84 Å². The average Bonchev–Trinajstić information content (AvgIpc) is 1.99. The van der Waals surface area contributed by atoms with E-state index in [9.17, 15) is 0 Å². The van der Waals surface area contributed by atoms with Gasteiger partial charge in [0.2, 0.25) is 5.88 Å². The quantitative estimate of drug-likeness (QED) is 0.309. The van der Waals surface area contributed by atoms with Crippen molar-refractivity contribution in [3.05, 3.63) is 12.5 Å². The lowest BCUT2D eigenvalue weighted by molar-refractivity contribution is 0.0175. The Morgan fingerprint density at radius 1 is 1.64 bits per heavy atom. The zero-order valence-corrected chi connectivity index (χ0v) is 8.32. The first-order valence-electron chi connectivity index (χ1n) is 3.56. The van der Waals surface area contributed by atoms with Crippen molar-refractivity contribution in [2.45, 2.75) is 13.3 Å². The summed E-state index contributed by atoms with van der Waals surface area (Å²) >= 11 is 3.29. The van der Waals surface area contributed by atoms with Gasteiger partial charge >= 0.3 is 0 Å². The van der Waals surface area contributed by atoms with E-state index in [-0.39, 0.29) is 0 Å². The largest absolute Gasteiger partial charge is 0.478 e. The molecule has 0 atom stereocenters. The van der Waals surface area contributed by atoms with Crippen molar-refractivity contribution >= 4 is 15.9 Å². The molecule has 0 rings (SSSR count). The Morgan fingerprint density at radius 3 is 2.91 bits per heavy atom. The molecule has 0 aliphatic rings. The summed E-state index contributed by atoms with van der Waals surface area (Å²) in [5.41, 5.74) is 2.58. The minimum Gasteiger partial charge on any atom is -0.478 e. The third kappa shape index (κ3) is 7.68. The SMILES string of the molecule is C=C(NOCCCBr)OCC. The summed E-state index contributed by atoms with van der Waals surface area (Å²) in [6.07, 6.45) is 0.965. The summed E-state index contributed by atoms with van der Waals surface area (Å²) < 4.78 is 4.98. The summed E-state index contributed by atoms with van der Waals surface area (Å²) in [5, 5.41) is 0.940. The molecule has 0 amide bonds. The van der Waals surface area contributed by atoms with Crippen LogP contribution in [0.5, 0.6) is 0 Å². The van der Waals surface area contributed by atoms with Gasteiger partial charge in [-0.2, -0.15) is 0 Å². The molecule has 0 aliphatic heterocycles. The second kappa shape index (κ2) is 7.88. The number of rotatable bonds is 7. The molecule has 0 aliphatic carbocycles. The molecule has 4 heteroatoms. The number of nitrogens with one attached hydrogen (secondary N) is 1. The first kappa shape index (κ1) is 10.8. The molecular formula is C7H14BrNO2. The Bertz CT molecular complexity index is 109. The van der Waals surface area contributed by atoms with Gasteiger partial charge in [-0.25, -0.2) is 5.48 Å². The van der Waals surface area contributed by atoms with Crippen LogP contribution in [0.1, 0.15) is 13.3 Å². The van der Waals surface area contributed by atoms with Gasteiger partial charge in [0.25, 0.3) is 0 Å². The molecule has 0 aromatic rings. The summed E-state index contributed by atoms with van der Waals surface area (Å²) in [4.78, 5) is 4.98. The van der Waals surface area contributed by atoms with E-state index in [2.05, 4.69) is 28.0 Å². The van der Waals surface area contributed by atoms with Crippen molar-refractivity contribution in [3.63, 3.8) is 0 Å². The molecule has 3 nitrogen and oxygen atoms in total. The number of hydrogen-bond donors (Lipinski definition) is 1. The Kier molecular flexibility index (Phi) is 7.72. The predicted octanol–water partition coefficient (Wildman–Crippen LogP) is 1.80. The molecule has 0 aromatic heterocycles.